The summed E-state index contributed by atoms with van der Waals surface area (Å²) in [6, 6.07) is 10.9. The number of carbonyl (C=O) groups is 9. The fraction of sp³-hybridized carbons (Fsp3) is 0.420. The molecule has 2 heterocycles. The lowest BCUT2D eigenvalue weighted by Gasteiger charge is -2.38. The van der Waals surface area contributed by atoms with Gasteiger partial charge in [-0.2, -0.15) is 0 Å². The van der Waals surface area contributed by atoms with Gasteiger partial charge in [0.05, 0.1) is 6.33 Å². The monoisotopic (exact) mass is 1020 g/mol. The number of imidazole rings is 1. The van der Waals surface area contributed by atoms with Crippen molar-refractivity contribution in [2.75, 3.05) is 13.1 Å². The van der Waals surface area contributed by atoms with Crippen LogP contribution < -0.4 is 49.1 Å². The Balaban J connectivity index is 1.41. The Bertz CT molecular complexity index is 2650. The Morgan fingerprint density at radius 2 is 1.35 bits per heavy atom. The number of nitrogens with two attached hydrogens (primary N) is 3. The third-order valence-electron chi connectivity index (χ3n) is 12.3. The number of fused-ring (bicyclic) bond motifs is 1. The van der Waals surface area contributed by atoms with Crippen molar-refractivity contribution in [3.8, 4) is 0 Å². The Hall–Kier alpha value is -8.41. The van der Waals surface area contributed by atoms with Crippen LogP contribution in [0.4, 0.5) is 0 Å². The van der Waals surface area contributed by atoms with Crippen LogP contribution in [0.2, 0.25) is 0 Å². The summed E-state index contributed by atoms with van der Waals surface area (Å²) in [4.78, 5) is 133. The van der Waals surface area contributed by atoms with E-state index in [1.165, 1.54) is 31.3 Å². The van der Waals surface area contributed by atoms with Gasteiger partial charge < -0.3 is 69.2 Å². The van der Waals surface area contributed by atoms with Crippen LogP contribution in [-0.4, -0.2) is 140 Å². The van der Waals surface area contributed by atoms with Gasteiger partial charge in [0.25, 0.3) is 0 Å². The summed E-state index contributed by atoms with van der Waals surface area (Å²) in [5.41, 5.74) is 18.8. The average molecular weight is 1020 g/mol. The summed E-state index contributed by atoms with van der Waals surface area (Å²) in [6.45, 7) is 2.66. The summed E-state index contributed by atoms with van der Waals surface area (Å²) in [5, 5.41) is 36.3. The molecule has 1 fully saturated rings. The highest BCUT2D eigenvalue weighted by Gasteiger charge is 2.39. The molecule has 0 spiro atoms. The van der Waals surface area contributed by atoms with Gasteiger partial charge in [-0.15, -0.1) is 0 Å². The Morgan fingerprint density at radius 3 is 2.01 bits per heavy atom. The summed E-state index contributed by atoms with van der Waals surface area (Å²) in [5.74, 6) is -8.30. The molecule has 1 aromatic heterocycles. The lowest BCUT2D eigenvalue weighted by atomic mass is 9.97. The second-order valence-corrected chi connectivity index (χ2v) is 18.0. The molecule has 1 aliphatic heterocycles. The number of aliphatic carboxylic acids is 2. The van der Waals surface area contributed by atoms with Crippen LogP contribution in [-0.2, 0) is 56.0 Å². The zero-order valence-corrected chi connectivity index (χ0v) is 41.1. The van der Waals surface area contributed by atoms with E-state index in [0.717, 1.165) is 10.8 Å². The molecule has 8 atom stereocenters. The first-order chi connectivity index (χ1) is 35.3. The Kier molecular flexibility index (Phi) is 20.9. The van der Waals surface area contributed by atoms with E-state index in [0.29, 0.717) is 29.7 Å². The van der Waals surface area contributed by atoms with Crippen LogP contribution in [0.1, 0.15) is 81.7 Å². The number of rotatable bonds is 26. The molecule has 1 saturated heterocycles. The highest BCUT2D eigenvalue weighted by Crippen LogP contribution is 2.22. The van der Waals surface area contributed by atoms with E-state index >= 15 is 0 Å². The van der Waals surface area contributed by atoms with E-state index in [2.05, 4.69) is 46.9 Å². The van der Waals surface area contributed by atoms with E-state index in [-0.39, 0.29) is 51.2 Å². The second-order valence-electron chi connectivity index (χ2n) is 18.0. The molecule has 0 unspecified atom stereocenters. The predicted molar refractivity (Wildman–Crippen MR) is 270 cm³/mol. The lowest BCUT2D eigenvalue weighted by molar-refractivity contribution is -0.146. The molecule has 0 bridgehead atoms. The zero-order chi connectivity index (χ0) is 53.9. The first-order valence-electron chi connectivity index (χ1n) is 24.2. The van der Waals surface area contributed by atoms with Crippen LogP contribution in [0.15, 0.2) is 90.3 Å². The maximum atomic E-state index is 14.7. The fourth-order valence-corrected chi connectivity index (χ4v) is 8.27. The van der Waals surface area contributed by atoms with Crippen molar-refractivity contribution in [3.05, 3.63) is 102 Å². The van der Waals surface area contributed by atoms with Crippen LogP contribution in [0.5, 0.6) is 0 Å². The first kappa shape index (κ1) is 56.5. The third kappa shape index (κ3) is 16.9. The zero-order valence-electron chi connectivity index (χ0n) is 41.1. The quantitative estimate of drug-likeness (QED) is 0.0212. The minimum atomic E-state index is -1.50. The molecule has 4 aromatic rings. The van der Waals surface area contributed by atoms with Crippen molar-refractivity contribution in [1.29, 1.82) is 0 Å². The van der Waals surface area contributed by atoms with Gasteiger partial charge in [-0.05, 0) is 74.3 Å². The van der Waals surface area contributed by atoms with Crippen molar-refractivity contribution in [2.45, 2.75) is 120 Å². The minimum Gasteiger partial charge on any atom is -0.481 e. The maximum Gasteiger partial charge on any atom is 0.325 e. The van der Waals surface area contributed by atoms with Crippen LogP contribution in [0.25, 0.3) is 10.8 Å². The molecule has 396 valence electrons. The fourth-order valence-electron chi connectivity index (χ4n) is 8.27. The number of hydrogen-bond donors (Lipinski definition) is 12. The van der Waals surface area contributed by atoms with Crippen molar-refractivity contribution in [3.63, 3.8) is 0 Å². The number of carbonyl (C=O) groups excluding carboxylic acids is 7. The molecule has 24 heteroatoms. The summed E-state index contributed by atoms with van der Waals surface area (Å²) < 4.78 is 0. The smallest absolute Gasteiger partial charge is 0.325 e. The number of aromatic nitrogens is 2. The molecule has 1 aliphatic rings. The number of amides is 7. The normalized spacial score (nSPS) is 16.1. The SMILES string of the molecule is C[C@H](NC(=O)[C@H](CCCN=C(N)N)NC(=O)[C@H](Cc1ccc2ccccc2c1)NC(=O)[C@@H]1CCCCN1C(=O)[C@@H](CCC(=O)O)NC(=O)[C@H](Cc1cnc[nH]1)NC(=O)[C@@H](N)c1ccccc1)C(=O)N[C@H](C)C(=O)O. The first-order valence-corrected chi connectivity index (χ1v) is 24.2. The van der Waals surface area contributed by atoms with Crippen molar-refractivity contribution < 1.29 is 53.4 Å². The third-order valence-corrected chi connectivity index (χ3v) is 12.3. The maximum absolute atomic E-state index is 14.7. The van der Waals surface area contributed by atoms with Gasteiger partial charge >= 0.3 is 11.9 Å². The second kappa shape index (κ2) is 27.4. The number of guanidine groups is 1. The molecule has 3 aromatic carbocycles. The number of benzene rings is 3. The van der Waals surface area contributed by atoms with Crippen molar-refractivity contribution in [1.82, 2.24) is 46.8 Å². The molecule has 0 radical (unpaired) electrons. The van der Waals surface area contributed by atoms with Gasteiger partial charge in [0, 0.05) is 44.2 Å². The Morgan fingerprint density at radius 1 is 0.716 bits per heavy atom. The molecular weight excluding hydrogens is 959 g/mol. The number of piperidine rings is 1. The molecule has 0 aliphatic carbocycles. The molecule has 15 N–H and O–H groups in total. The van der Waals surface area contributed by atoms with Gasteiger partial charge in [0.1, 0.15) is 48.3 Å². The highest BCUT2D eigenvalue weighted by molar-refractivity contribution is 5.98. The van der Waals surface area contributed by atoms with Gasteiger partial charge in [-0.3, -0.25) is 48.1 Å². The van der Waals surface area contributed by atoms with E-state index < -0.39 is 114 Å². The van der Waals surface area contributed by atoms with Gasteiger partial charge in [-0.1, -0.05) is 72.8 Å². The van der Waals surface area contributed by atoms with Crippen LogP contribution in [0.3, 0.4) is 0 Å². The highest BCUT2D eigenvalue weighted by atomic mass is 16.4. The van der Waals surface area contributed by atoms with Crippen LogP contribution in [0, 0.1) is 0 Å². The van der Waals surface area contributed by atoms with Gasteiger partial charge in [-0.25, -0.2) is 4.98 Å². The van der Waals surface area contributed by atoms with Gasteiger partial charge in [0.2, 0.25) is 41.4 Å². The summed E-state index contributed by atoms with van der Waals surface area (Å²) >= 11 is 0. The molecule has 74 heavy (non-hydrogen) atoms. The topological polar surface area (TPSA) is 389 Å². The standard InChI is InChI=1S/C50H65N13O11/c1-28(42(66)58-29(2)49(73)74)57-43(67)35(15-10-21-55-50(52)53)59-44(68)37(24-30-17-18-31-11-6-7-14-33(31)23-30)61-46(70)39-16-8-9-22-63(39)48(72)36(19-20-40(64)65)60-45(69)38(25-34-26-54-27-56-34)62-47(71)41(51)32-12-4-3-5-13-32/h3-7,11-14,17-18,23,26-29,35-39,41H,8-10,15-16,19-22,24-25,51H2,1-2H3,(H,54,56)(H,57,67)(H,58,66)(H,59,68)(H,60,69)(H,61,70)(H,62,71)(H,64,65)(H,73,74)(H4,52,53,55)/t28-,29+,35-,36+,37-,38-,39-,41-/m0/s1. The molecule has 24 nitrogen and oxygen atoms in total. The summed E-state index contributed by atoms with van der Waals surface area (Å²) in [6.07, 6.45) is 2.80. The number of aliphatic imine (C=N–C) groups is 1. The number of H-pyrrole nitrogens is 1. The Labute approximate surface area is 426 Å². The molecule has 5 rings (SSSR count). The number of carboxylic acid groups (broad SMARTS) is 2. The van der Waals surface area contributed by atoms with E-state index in [1.54, 1.807) is 36.4 Å². The van der Waals surface area contributed by atoms with Gasteiger partial charge in [0.15, 0.2) is 5.96 Å². The number of aromatic amines is 1. The number of hydrogen-bond acceptors (Lipinski definition) is 12. The van der Waals surface area contributed by atoms with E-state index in [4.69, 9.17) is 17.2 Å². The summed E-state index contributed by atoms with van der Waals surface area (Å²) in [7, 11) is 0. The lowest BCUT2D eigenvalue weighted by Crippen LogP contribution is -2.62. The van der Waals surface area contributed by atoms with Crippen LogP contribution >= 0.6 is 0 Å². The average Bonchev–Trinajstić information content (AvgIpc) is 3.90. The predicted octanol–water partition coefficient (Wildman–Crippen LogP) is -0.619. The molecule has 0 saturated carbocycles. The van der Waals surface area contributed by atoms with Crippen molar-refractivity contribution >= 4 is 70.0 Å². The number of likely N-dealkylation sites (tertiary alicyclic amines) is 1. The number of nitrogens with one attached hydrogen (secondary N) is 7. The number of nitrogens with zero attached hydrogens (tertiary/aromatic N) is 3. The molecular formula is C50H65N13O11. The van der Waals surface area contributed by atoms with Crippen molar-refractivity contribution in [2.24, 2.45) is 22.2 Å². The van der Waals surface area contributed by atoms with E-state index in [9.17, 15) is 53.4 Å². The molecule has 7 amide bonds. The van der Waals surface area contributed by atoms with E-state index in [1.807, 2.05) is 36.4 Å². The minimum absolute atomic E-state index is 0.0210. The number of carboxylic acids is 2. The largest absolute Gasteiger partial charge is 0.481 e.